The number of amides is 1. The molecule has 1 amide bonds. The van der Waals surface area contributed by atoms with Crippen molar-refractivity contribution in [3.05, 3.63) is 66.4 Å². The first kappa shape index (κ1) is 22.0. The maximum Gasteiger partial charge on any atom is 0.226 e. The number of halogens is 1. The van der Waals surface area contributed by atoms with Gasteiger partial charge in [-0.15, -0.1) is 5.10 Å². The fourth-order valence-corrected chi connectivity index (χ4v) is 3.87. The van der Waals surface area contributed by atoms with Crippen LogP contribution in [0.15, 0.2) is 54.9 Å². The van der Waals surface area contributed by atoms with E-state index in [4.69, 9.17) is 4.74 Å². The van der Waals surface area contributed by atoms with Crippen molar-refractivity contribution in [2.75, 3.05) is 6.61 Å². The summed E-state index contributed by atoms with van der Waals surface area (Å²) in [5, 5.41) is 21.0. The Kier molecular flexibility index (Phi) is 7.18. The number of hydrogen-bond donors (Lipinski definition) is 2. The smallest absolute Gasteiger partial charge is 0.226 e. The lowest BCUT2D eigenvalue weighted by atomic mass is 9.97. The number of aliphatic hydroxyl groups excluding tert-OH is 1. The number of aliphatic hydroxyl groups is 1. The summed E-state index contributed by atoms with van der Waals surface area (Å²) in [5.41, 5.74) is 2.18. The van der Waals surface area contributed by atoms with Crippen molar-refractivity contribution in [1.82, 2.24) is 25.3 Å². The lowest BCUT2D eigenvalue weighted by Gasteiger charge is -2.36. The van der Waals surface area contributed by atoms with Gasteiger partial charge in [0.25, 0.3) is 0 Å². The topological polar surface area (TPSA) is 102 Å². The van der Waals surface area contributed by atoms with Crippen LogP contribution in [0.4, 0.5) is 4.39 Å². The van der Waals surface area contributed by atoms with Gasteiger partial charge in [-0.05, 0) is 55.7 Å². The normalized spacial score (nSPS) is 20.8. The van der Waals surface area contributed by atoms with Gasteiger partial charge in [-0.3, -0.25) is 14.5 Å². The van der Waals surface area contributed by atoms with Crippen LogP contribution in [-0.4, -0.2) is 55.8 Å². The van der Waals surface area contributed by atoms with E-state index >= 15 is 0 Å². The Morgan fingerprint density at radius 3 is 2.81 bits per heavy atom. The molecule has 2 N–H and O–H groups in total. The molecule has 1 aliphatic rings. The minimum atomic E-state index is -0.452. The molecule has 3 heterocycles. The summed E-state index contributed by atoms with van der Waals surface area (Å²) in [7, 11) is 0. The maximum absolute atomic E-state index is 13.1. The van der Waals surface area contributed by atoms with Crippen molar-refractivity contribution >= 4 is 5.91 Å². The van der Waals surface area contributed by atoms with Gasteiger partial charge >= 0.3 is 0 Å². The van der Waals surface area contributed by atoms with Gasteiger partial charge in [0.1, 0.15) is 17.6 Å². The monoisotopic (exact) mass is 439 g/mol. The Balaban J connectivity index is 1.26. The van der Waals surface area contributed by atoms with Gasteiger partial charge in [-0.2, -0.15) is 0 Å². The summed E-state index contributed by atoms with van der Waals surface area (Å²) in [6, 6.07) is 11.4. The van der Waals surface area contributed by atoms with Gasteiger partial charge < -0.3 is 15.2 Å². The molecule has 0 radical (unpaired) electrons. The first-order chi connectivity index (χ1) is 15.6. The van der Waals surface area contributed by atoms with Crippen LogP contribution < -0.4 is 5.32 Å². The molecule has 0 spiro atoms. The van der Waals surface area contributed by atoms with Gasteiger partial charge in [0.15, 0.2) is 0 Å². The number of hydrogen-bond acceptors (Lipinski definition) is 6. The number of carbonyl (C=O) groups is 1. The molecule has 0 saturated carbocycles. The zero-order valence-corrected chi connectivity index (χ0v) is 17.6. The second-order valence-electron chi connectivity index (χ2n) is 7.89. The summed E-state index contributed by atoms with van der Waals surface area (Å²) in [4.78, 5) is 16.5. The highest BCUT2D eigenvalue weighted by atomic mass is 19.1. The lowest BCUT2D eigenvalue weighted by molar-refractivity contribution is -0.128. The zero-order valence-electron chi connectivity index (χ0n) is 17.6. The predicted octanol–water partition coefficient (Wildman–Crippen LogP) is 2.14. The number of rotatable bonds is 8. The number of aryl methyl sites for hydroxylation is 1. The van der Waals surface area contributed by atoms with Crippen molar-refractivity contribution in [1.29, 1.82) is 0 Å². The first-order valence-corrected chi connectivity index (χ1v) is 10.7. The highest BCUT2D eigenvalue weighted by Gasteiger charge is 2.31. The van der Waals surface area contributed by atoms with Crippen LogP contribution in [0.1, 0.15) is 25.0 Å². The Hall–Kier alpha value is -3.17. The van der Waals surface area contributed by atoms with Crippen LogP contribution in [0, 0.1) is 5.82 Å². The lowest BCUT2D eigenvalue weighted by Crippen LogP contribution is -2.51. The SMILES string of the molecule is O=C(Cc1ccccn1)N[C@@H]1CC[C@H](CCn2cc(-c3ccc(F)cc3)nn2)O[C@@H]1CO. The highest BCUT2D eigenvalue weighted by Crippen LogP contribution is 2.23. The minimum absolute atomic E-state index is 0.0467. The standard InChI is InChI=1S/C23H26FN5O3/c24-17-6-4-16(5-7-17)21-14-29(28-27-21)12-10-19-8-9-20(22(15-30)32-19)26-23(31)13-18-3-1-2-11-25-18/h1-7,11,14,19-20,22,30H,8-10,12-13,15H2,(H,26,31)/t19-,20-,22-/m1/s1. The number of carbonyl (C=O) groups excluding carboxylic acids is 1. The van der Waals surface area contributed by atoms with Gasteiger partial charge in [-0.1, -0.05) is 11.3 Å². The molecule has 1 aromatic carbocycles. The van der Waals surface area contributed by atoms with Crippen LogP contribution in [0.2, 0.25) is 0 Å². The first-order valence-electron chi connectivity index (χ1n) is 10.7. The average Bonchev–Trinajstić information content (AvgIpc) is 3.28. The molecule has 0 bridgehead atoms. The van der Waals surface area contributed by atoms with E-state index in [1.807, 2.05) is 18.3 Å². The van der Waals surface area contributed by atoms with Crippen molar-refractivity contribution in [3.63, 3.8) is 0 Å². The molecule has 1 saturated heterocycles. The number of nitrogens with zero attached hydrogens (tertiary/aromatic N) is 4. The summed E-state index contributed by atoms with van der Waals surface area (Å²) in [6.07, 6.45) is 5.37. The Labute approximate surface area is 185 Å². The predicted molar refractivity (Wildman–Crippen MR) is 115 cm³/mol. The average molecular weight is 439 g/mol. The second-order valence-corrected chi connectivity index (χ2v) is 7.89. The molecular weight excluding hydrogens is 413 g/mol. The molecule has 32 heavy (non-hydrogen) atoms. The van der Waals surface area contributed by atoms with Crippen LogP contribution in [-0.2, 0) is 22.5 Å². The second kappa shape index (κ2) is 10.4. The third-order valence-corrected chi connectivity index (χ3v) is 5.57. The zero-order chi connectivity index (χ0) is 22.3. The van der Waals surface area contributed by atoms with Gasteiger partial charge in [-0.25, -0.2) is 4.39 Å². The van der Waals surface area contributed by atoms with E-state index in [1.165, 1.54) is 12.1 Å². The van der Waals surface area contributed by atoms with Crippen LogP contribution >= 0.6 is 0 Å². The summed E-state index contributed by atoms with van der Waals surface area (Å²) < 4.78 is 20.9. The number of aromatic nitrogens is 4. The fraction of sp³-hybridized carbons (Fsp3) is 0.391. The number of ether oxygens (including phenoxy) is 1. The third kappa shape index (κ3) is 5.74. The summed E-state index contributed by atoms with van der Waals surface area (Å²) in [6.45, 7) is 0.441. The van der Waals surface area contributed by atoms with E-state index in [-0.39, 0.29) is 36.9 Å². The summed E-state index contributed by atoms with van der Waals surface area (Å²) in [5.74, 6) is -0.426. The maximum atomic E-state index is 13.1. The molecule has 1 fully saturated rings. The molecule has 3 aromatic rings. The van der Waals surface area contributed by atoms with E-state index in [9.17, 15) is 14.3 Å². The number of pyridine rings is 1. The minimum Gasteiger partial charge on any atom is -0.394 e. The highest BCUT2D eigenvalue weighted by molar-refractivity contribution is 5.78. The van der Waals surface area contributed by atoms with Crippen LogP contribution in [0.5, 0.6) is 0 Å². The van der Waals surface area contributed by atoms with Crippen LogP contribution in [0.25, 0.3) is 11.3 Å². The molecule has 9 heteroatoms. The molecule has 1 aliphatic heterocycles. The summed E-state index contributed by atoms with van der Waals surface area (Å²) >= 11 is 0. The van der Waals surface area contributed by atoms with E-state index in [0.717, 1.165) is 18.4 Å². The largest absolute Gasteiger partial charge is 0.394 e. The van der Waals surface area contributed by atoms with Crippen molar-refractivity contribution in [2.24, 2.45) is 0 Å². The number of benzene rings is 1. The third-order valence-electron chi connectivity index (χ3n) is 5.57. The van der Waals surface area contributed by atoms with Crippen molar-refractivity contribution < 1.29 is 19.0 Å². The Bertz CT molecular complexity index is 1010. The fourth-order valence-electron chi connectivity index (χ4n) is 3.87. The Morgan fingerprint density at radius 1 is 1.22 bits per heavy atom. The van der Waals surface area contributed by atoms with Gasteiger partial charge in [0.05, 0.1) is 31.4 Å². The Morgan fingerprint density at radius 2 is 2.06 bits per heavy atom. The van der Waals surface area contributed by atoms with Gasteiger partial charge in [0.2, 0.25) is 5.91 Å². The molecule has 3 atom stereocenters. The van der Waals surface area contributed by atoms with E-state index in [2.05, 4.69) is 20.6 Å². The van der Waals surface area contributed by atoms with E-state index in [0.29, 0.717) is 24.4 Å². The molecule has 0 unspecified atom stereocenters. The van der Waals surface area contributed by atoms with Crippen molar-refractivity contribution in [2.45, 2.75) is 50.5 Å². The molecule has 4 rings (SSSR count). The van der Waals surface area contributed by atoms with Gasteiger partial charge in [0, 0.05) is 24.0 Å². The number of nitrogens with one attached hydrogen (secondary N) is 1. The van der Waals surface area contributed by atoms with E-state index in [1.54, 1.807) is 29.1 Å². The van der Waals surface area contributed by atoms with Crippen molar-refractivity contribution in [3.8, 4) is 11.3 Å². The molecule has 8 nitrogen and oxygen atoms in total. The quantitative estimate of drug-likeness (QED) is 0.558. The molecule has 168 valence electrons. The van der Waals surface area contributed by atoms with Crippen LogP contribution in [0.3, 0.4) is 0 Å². The molecule has 0 aliphatic carbocycles. The molecular formula is C23H26FN5O3. The molecule has 2 aromatic heterocycles. The van der Waals surface area contributed by atoms with E-state index < -0.39 is 6.10 Å².